The summed E-state index contributed by atoms with van der Waals surface area (Å²) in [6, 6.07) is 0. The average Bonchev–Trinajstić information content (AvgIpc) is 2.16. The fraction of sp³-hybridized carbons (Fsp3) is 0.429. The number of hydrogen-bond donors (Lipinski definition) is 2. The quantitative estimate of drug-likeness (QED) is 0.656. The fourth-order valence-corrected chi connectivity index (χ4v) is 0.853. The lowest BCUT2D eigenvalue weighted by atomic mass is 10.3. The molecule has 0 spiro atoms. The van der Waals surface area contributed by atoms with Crippen LogP contribution in [0, 0.1) is 0 Å². The fourth-order valence-electron chi connectivity index (χ4n) is 0.853. The van der Waals surface area contributed by atoms with Crippen molar-refractivity contribution >= 4 is 0 Å². The molecule has 0 atom stereocenters. The molecule has 0 aliphatic carbocycles. The van der Waals surface area contributed by atoms with E-state index >= 15 is 0 Å². The second-order valence-electron chi connectivity index (χ2n) is 3.63. The van der Waals surface area contributed by atoms with Gasteiger partial charge in [-0.2, -0.15) is 0 Å². The van der Waals surface area contributed by atoms with E-state index in [2.05, 4.69) is 26.3 Å². The summed E-state index contributed by atoms with van der Waals surface area (Å²) in [6.45, 7) is 17.7. The molecule has 0 saturated heterocycles. The standard InChI is InChI=1S/C8H14O3.C6H10O/c1-7(3-5-9)11-8(2)4-6-10;1-5(2)7-6(3)4/h9-10H,1-6H2;1,3H2,2,4H3. The van der Waals surface area contributed by atoms with E-state index in [1.807, 2.05) is 0 Å². The number of ether oxygens (including phenoxy) is 2. The van der Waals surface area contributed by atoms with Crippen LogP contribution in [0.3, 0.4) is 0 Å². The molecule has 0 aliphatic heterocycles. The van der Waals surface area contributed by atoms with E-state index < -0.39 is 0 Å². The average molecular weight is 256 g/mol. The van der Waals surface area contributed by atoms with Crippen LogP contribution in [0.15, 0.2) is 49.4 Å². The highest BCUT2D eigenvalue weighted by atomic mass is 16.5. The van der Waals surface area contributed by atoms with Crippen LogP contribution in [0.25, 0.3) is 0 Å². The predicted molar refractivity (Wildman–Crippen MR) is 73.5 cm³/mol. The van der Waals surface area contributed by atoms with Crippen LogP contribution in [0.5, 0.6) is 0 Å². The Hall–Kier alpha value is -1.52. The van der Waals surface area contributed by atoms with Crippen molar-refractivity contribution in [3.63, 3.8) is 0 Å². The lowest BCUT2D eigenvalue weighted by Gasteiger charge is -2.08. The molecule has 0 unspecified atom stereocenters. The van der Waals surface area contributed by atoms with Crippen LogP contribution < -0.4 is 0 Å². The van der Waals surface area contributed by atoms with Crippen LogP contribution in [-0.2, 0) is 9.47 Å². The summed E-state index contributed by atoms with van der Waals surface area (Å²) in [5.74, 6) is 2.33. The van der Waals surface area contributed by atoms with Crippen LogP contribution in [0.1, 0.15) is 26.7 Å². The molecule has 0 radical (unpaired) electrons. The molecular formula is C14H24O4. The second-order valence-corrected chi connectivity index (χ2v) is 3.63. The summed E-state index contributed by atoms with van der Waals surface area (Å²) in [7, 11) is 0. The molecule has 0 heterocycles. The number of aliphatic hydroxyl groups excluding tert-OH is 2. The summed E-state index contributed by atoms with van der Waals surface area (Å²) in [5.41, 5.74) is 0. The molecule has 18 heavy (non-hydrogen) atoms. The predicted octanol–water partition coefficient (Wildman–Crippen LogP) is 2.87. The molecular weight excluding hydrogens is 232 g/mol. The zero-order valence-electron chi connectivity index (χ0n) is 11.4. The van der Waals surface area contributed by atoms with Gasteiger partial charge in [-0.1, -0.05) is 26.3 Å². The van der Waals surface area contributed by atoms with Gasteiger partial charge in [0.25, 0.3) is 0 Å². The number of allylic oxidation sites excluding steroid dienone is 2. The third-order valence-corrected chi connectivity index (χ3v) is 1.42. The van der Waals surface area contributed by atoms with Crippen LogP contribution >= 0.6 is 0 Å². The monoisotopic (exact) mass is 256 g/mol. The summed E-state index contributed by atoms with van der Waals surface area (Å²) in [6.07, 6.45) is 0.814. The van der Waals surface area contributed by atoms with E-state index in [4.69, 9.17) is 19.7 Å². The van der Waals surface area contributed by atoms with Crippen molar-refractivity contribution in [3.05, 3.63) is 49.4 Å². The number of hydrogen-bond acceptors (Lipinski definition) is 4. The Kier molecular flexibility index (Phi) is 12.5. The first-order chi connectivity index (χ1) is 8.33. The second kappa shape index (κ2) is 12.0. The van der Waals surface area contributed by atoms with E-state index in [1.54, 1.807) is 13.8 Å². The smallest absolute Gasteiger partial charge is 0.0987 e. The molecule has 4 heteroatoms. The van der Waals surface area contributed by atoms with Crippen molar-refractivity contribution in [3.8, 4) is 0 Å². The molecule has 4 nitrogen and oxygen atoms in total. The number of rotatable bonds is 8. The normalized spacial score (nSPS) is 8.67. The van der Waals surface area contributed by atoms with Crippen molar-refractivity contribution in [1.82, 2.24) is 0 Å². The van der Waals surface area contributed by atoms with Gasteiger partial charge in [0.15, 0.2) is 0 Å². The Bertz CT molecular complexity index is 264. The van der Waals surface area contributed by atoms with Gasteiger partial charge in [0.2, 0.25) is 0 Å². The molecule has 0 aromatic carbocycles. The molecule has 0 fully saturated rings. The summed E-state index contributed by atoms with van der Waals surface area (Å²) in [5, 5.41) is 16.9. The Morgan fingerprint density at radius 2 is 1.11 bits per heavy atom. The topological polar surface area (TPSA) is 58.9 Å². The van der Waals surface area contributed by atoms with Crippen LogP contribution in [-0.4, -0.2) is 23.4 Å². The van der Waals surface area contributed by atoms with Crippen molar-refractivity contribution in [1.29, 1.82) is 0 Å². The van der Waals surface area contributed by atoms with Crippen LogP contribution in [0.4, 0.5) is 0 Å². The molecule has 104 valence electrons. The highest BCUT2D eigenvalue weighted by molar-refractivity contribution is 4.92. The third-order valence-electron chi connectivity index (χ3n) is 1.42. The van der Waals surface area contributed by atoms with E-state index in [-0.39, 0.29) is 13.2 Å². The summed E-state index contributed by atoms with van der Waals surface area (Å²) in [4.78, 5) is 0. The van der Waals surface area contributed by atoms with E-state index in [0.29, 0.717) is 35.9 Å². The molecule has 0 aromatic rings. The van der Waals surface area contributed by atoms with Gasteiger partial charge in [0.05, 0.1) is 36.3 Å². The largest absolute Gasteiger partial charge is 0.468 e. The Balaban J connectivity index is 0. The van der Waals surface area contributed by atoms with Crippen molar-refractivity contribution in [2.24, 2.45) is 0 Å². The molecule has 0 aliphatic rings. The van der Waals surface area contributed by atoms with Crippen molar-refractivity contribution in [2.45, 2.75) is 26.7 Å². The summed E-state index contributed by atoms with van der Waals surface area (Å²) < 4.78 is 9.88. The maximum absolute atomic E-state index is 8.46. The lowest BCUT2D eigenvalue weighted by Crippen LogP contribution is -1.95. The van der Waals surface area contributed by atoms with Gasteiger partial charge in [-0.15, -0.1) is 0 Å². The van der Waals surface area contributed by atoms with E-state index in [1.165, 1.54) is 0 Å². The zero-order chi connectivity index (χ0) is 14.6. The van der Waals surface area contributed by atoms with Crippen LogP contribution in [0.2, 0.25) is 0 Å². The first kappa shape index (κ1) is 18.8. The Labute approximate surface area is 110 Å². The highest BCUT2D eigenvalue weighted by Gasteiger charge is 1.97. The van der Waals surface area contributed by atoms with Gasteiger partial charge in [-0.05, 0) is 13.8 Å². The van der Waals surface area contributed by atoms with E-state index in [9.17, 15) is 0 Å². The number of aliphatic hydroxyl groups is 2. The summed E-state index contributed by atoms with van der Waals surface area (Å²) >= 11 is 0. The van der Waals surface area contributed by atoms with Gasteiger partial charge < -0.3 is 19.7 Å². The minimum Gasteiger partial charge on any atom is -0.468 e. The molecule has 0 aromatic heterocycles. The van der Waals surface area contributed by atoms with Crippen molar-refractivity contribution in [2.75, 3.05) is 13.2 Å². The Morgan fingerprint density at radius 3 is 1.28 bits per heavy atom. The third kappa shape index (κ3) is 16.9. The van der Waals surface area contributed by atoms with Gasteiger partial charge in [0.1, 0.15) is 0 Å². The van der Waals surface area contributed by atoms with E-state index in [0.717, 1.165) is 0 Å². The minimum absolute atomic E-state index is 0.0191. The van der Waals surface area contributed by atoms with Gasteiger partial charge in [-0.25, -0.2) is 0 Å². The van der Waals surface area contributed by atoms with Gasteiger partial charge >= 0.3 is 0 Å². The maximum Gasteiger partial charge on any atom is 0.0987 e. The first-order valence-corrected chi connectivity index (χ1v) is 5.57. The Morgan fingerprint density at radius 1 is 0.778 bits per heavy atom. The first-order valence-electron chi connectivity index (χ1n) is 5.57. The molecule has 0 amide bonds. The van der Waals surface area contributed by atoms with Gasteiger partial charge in [0, 0.05) is 12.8 Å². The minimum atomic E-state index is 0.0191. The zero-order valence-corrected chi connectivity index (χ0v) is 11.4. The molecule has 0 saturated carbocycles. The highest BCUT2D eigenvalue weighted by Crippen LogP contribution is 2.08. The SMILES string of the molecule is C=C(C)OC(=C)C.C=C(CCO)OC(=C)CCO. The van der Waals surface area contributed by atoms with Gasteiger partial charge in [-0.3, -0.25) is 0 Å². The lowest BCUT2D eigenvalue weighted by molar-refractivity contribution is 0.216. The molecule has 0 rings (SSSR count). The molecule has 2 N–H and O–H groups in total. The van der Waals surface area contributed by atoms with Crippen molar-refractivity contribution < 1.29 is 19.7 Å². The maximum atomic E-state index is 8.46. The molecule has 0 bridgehead atoms.